The molecule has 1 aliphatic carbocycles. The smallest absolute Gasteiger partial charge is 0.333 e. The molecule has 1 saturated carbocycles. The highest BCUT2D eigenvalue weighted by Crippen LogP contribution is 2.26. The van der Waals surface area contributed by atoms with Gasteiger partial charge in [0.05, 0.1) is 7.11 Å². The maximum Gasteiger partial charge on any atom is 0.333 e. The van der Waals surface area contributed by atoms with Gasteiger partial charge in [-0.1, -0.05) is 19.9 Å². The second kappa shape index (κ2) is 5.91. The molecule has 0 heterocycles. The van der Waals surface area contributed by atoms with Crippen molar-refractivity contribution in [3.63, 3.8) is 0 Å². The molecule has 86 valence electrons. The van der Waals surface area contributed by atoms with Crippen LogP contribution in [0.15, 0.2) is 11.6 Å². The van der Waals surface area contributed by atoms with E-state index < -0.39 is 0 Å². The Balaban J connectivity index is 2.47. The van der Waals surface area contributed by atoms with Gasteiger partial charge in [-0.2, -0.15) is 0 Å². The van der Waals surface area contributed by atoms with Crippen LogP contribution in [0.2, 0.25) is 0 Å². The minimum Gasteiger partial charge on any atom is -0.466 e. The molecule has 1 fully saturated rings. The number of esters is 1. The highest BCUT2D eigenvalue weighted by molar-refractivity contribution is 5.88. The Bertz CT molecular complexity index is 244. The number of carbonyl (C=O) groups excluding carboxylic acids is 1. The molecule has 0 N–H and O–H groups in total. The summed E-state index contributed by atoms with van der Waals surface area (Å²) in [4.78, 5) is 13.7. The predicted octanol–water partition coefficient (Wildman–Crippen LogP) is 1.98. The van der Waals surface area contributed by atoms with Gasteiger partial charge in [-0.05, 0) is 25.8 Å². The zero-order chi connectivity index (χ0) is 11.3. The van der Waals surface area contributed by atoms with Crippen molar-refractivity contribution in [2.75, 3.05) is 20.2 Å². The minimum atomic E-state index is -0.190. The van der Waals surface area contributed by atoms with E-state index in [1.807, 2.05) is 13.0 Å². The first-order chi connectivity index (χ1) is 7.22. The van der Waals surface area contributed by atoms with Gasteiger partial charge < -0.3 is 4.74 Å². The summed E-state index contributed by atoms with van der Waals surface area (Å²) in [6.07, 6.45) is 5.37. The van der Waals surface area contributed by atoms with Gasteiger partial charge in [0.1, 0.15) is 0 Å². The van der Waals surface area contributed by atoms with E-state index in [4.69, 9.17) is 4.74 Å². The van der Waals surface area contributed by atoms with Crippen molar-refractivity contribution in [3.05, 3.63) is 11.6 Å². The fourth-order valence-electron chi connectivity index (χ4n) is 1.71. The molecule has 1 aliphatic rings. The lowest BCUT2D eigenvalue weighted by Gasteiger charge is -2.17. The standard InChI is InChI=1S/C12H21NO2/c1-4-10(12(14)15-3)8-9-13(5-2)11-6-7-11/h8,11H,4-7,9H2,1-3H3. The summed E-state index contributed by atoms with van der Waals surface area (Å²) in [6, 6.07) is 0.752. The summed E-state index contributed by atoms with van der Waals surface area (Å²) < 4.78 is 4.72. The summed E-state index contributed by atoms with van der Waals surface area (Å²) in [6.45, 7) is 6.07. The Morgan fingerprint density at radius 2 is 2.13 bits per heavy atom. The zero-order valence-electron chi connectivity index (χ0n) is 9.95. The van der Waals surface area contributed by atoms with Gasteiger partial charge in [-0.25, -0.2) is 4.79 Å². The number of carbonyl (C=O) groups is 1. The number of hydrogen-bond acceptors (Lipinski definition) is 3. The molecule has 0 radical (unpaired) electrons. The maximum atomic E-state index is 11.3. The molecule has 0 aromatic carbocycles. The molecule has 1 rings (SSSR count). The molecule has 0 aromatic heterocycles. The maximum absolute atomic E-state index is 11.3. The second-order valence-corrected chi connectivity index (χ2v) is 3.89. The molecule has 0 spiro atoms. The van der Waals surface area contributed by atoms with Crippen molar-refractivity contribution in [1.29, 1.82) is 0 Å². The summed E-state index contributed by atoms with van der Waals surface area (Å²) in [7, 11) is 1.43. The van der Waals surface area contributed by atoms with Crippen LogP contribution < -0.4 is 0 Å². The van der Waals surface area contributed by atoms with Crippen LogP contribution in [0.4, 0.5) is 0 Å². The van der Waals surface area contributed by atoms with E-state index >= 15 is 0 Å². The van der Waals surface area contributed by atoms with Crippen LogP contribution in [0, 0.1) is 0 Å². The lowest BCUT2D eigenvalue weighted by molar-refractivity contribution is -0.136. The lowest BCUT2D eigenvalue weighted by Crippen LogP contribution is -2.26. The quantitative estimate of drug-likeness (QED) is 0.497. The number of likely N-dealkylation sites (N-methyl/N-ethyl adjacent to an activating group) is 1. The summed E-state index contributed by atoms with van der Waals surface area (Å²) >= 11 is 0. The SMILES string of the molecule is CCC(=CCN(CC)C1CC1)C(=O)OC. The highest BCUT2D eigenvalue weighted by atomic mass is 16.5. The van der Waals surface area contributed by atoms with Gasteiger partial charge in [-0.15, -0.1) is 0 Å². The summed E-state index contributed by atoms with van der Waals surface area (Å²) in [5.74, 6) is -0.190. The van der Waals surface area contributed by atoms with E-state index in [-0.39, 0.29) is 5.97 Å². The second-order valence-electron chi connectivity index (χ2n) is 3.89. The fraction of sp³-hybridized carbons (Fsp3) is 0.750. The van der Waals surface area contributed by atoms with E-state index in [1.165, 1.54) is 20.0 Å². The monoisotopic (exact) mass is 211 g/mol. The van der Waals surface area contributed by atoms with Crippen molar-refractivity contribution < 1.29 is 9.53 Å². The molecule has 3 heteroatoms. The van der Waals surface area contributed by atoms with Crippen molar-refractivity contribution in [2.45, 2.75) is 39.2 Å². The third kappa shape index (κ3) is 3.67. The van der Waals surface area contributed by atoms with E-state index in [1.54, 1.807) is 0 Å². The molecule has 3 nitrogen and oxygen atoms in total. The average molecular weight is 211 g/mol. The van der Waals surface area contributed by atoms with Gasteiger partial charge >= 0.3 is 5.97 Å². The Morgan fingerprint density at radius 3 is 2.53 bits per heavy atom. The first kappa shape index (κ1) is 12.2. The van der Waals surface area contributed by atoms with Crippen LogP contribution in [0.3, 0.4) is 0 Å². The zero-order valence-corrected chi connectivity index (χ0v) is 9.95. The molecule has 0 aliphatic heterocycles. The van der Waals surface area contributed by atoms with Crippen LogP contribution in [0.25, 0.3) is 0 Å². The van der Waals surface area contributed by atoms with Gasteiger partial charge in [0.25, 0.3) is 0 Å². The Morgan fingerprint density at radius 1 is 1.47 bits per heavy atom. The third-order valence-corrected chi connectivity index (χ3v) is 2.87. The molecule has 0 atom stereocenters. The molecule has 0 saturated heterocycles. The fourth-order valence-corrected chi connectivity index (χ4v) is 1.71. The van der Waals surface area contributed by atoms with Crippen LogP contribution in [0.5, 0.6) is 0 Å². The van der Waals surface area contributed by atoms with E-state index in [0.29, 0.717) is 0 Å². The normalized spacial score (nSPS) is 16.9. The summed E-state index contributed by atoms with van der Waals surface area (Å²) in [5.41, 5.74) is 0.789. The third-order valence-electron chi connectivity index (χ3n) is 2.87. The Labute approximate surface area is 92.1 Å². The van der Waals surface area contributed by atoms with Crippen molar-refractivity contribution >= 4 is 5.97 Å². The number of hydrogen-bond donors (Lipinski definition) is 0. The number of methoxy groups -OCH3 is 1. The molecule has 15 heavy (non-hydrogen) atoms. The van der Waals surface area contributed by atoms with E-state index in [2.05, 4.69) is 11.8 Å². The van der Waals surface area contributed by atoms with Crippen molar-refractivity contribution in [3.8, 4) is 0 Å². The van der Waals surface area contributed by atoms with Crippen molar-refractivity contribution in [1.82, 2.24) is 4.90 Å². The van der Waals surface area contributed by atoms with E-state index in [9.17, 15) is 4.79 Å². The van der Waals surface area contributed by atoms with Crippen LogP contribution in [-0.4, -0.2) is 37.1 Å². The van der Waals surface area contributed by atoms with Gasteiger partial charge in [-0.3, -0.25) is 4.90 Å². The van der Waals surface area contributed by atoms with Crippen LogP contribution in [-0.2, 0) is 9.53 Å². The lowest BCUT2D eigenvalue weighted by atomic mass is 10.2. The molecular weight excluding hydrogens is 190 g/mol. The first-order valence-corrected chi connectivity index (χ1v) is 5.74. The highest BCUT2D eigenvalue weighted by Gasteiger charge is 2.26. The topological polar surface area (TPSA) is 29.5 Å². The molecule has 0 bridgehead atoms. The van der Waals surface area contributed by atoms with Crippen LogP contribution in [0.1, 0.15) is 33.1 Å². The number of ether oxygens (including phenoxy) is 1. The number of rotatable bonds is 6. The minimum absolute atomic E-state index is 0.190. The van der Waals surface area contributed by atoms with E-state index in [0.717, 1.165) is 31.1 Å². The molecule has 0 aromatic rings. The average Bonchev–Trinajstić information content (AvgIpc) is 3.07. The first-order valence-electron chi connectivity index (χ1n) is 5.74. The largest absolute Gasteiger partial charge is 0.466 e. The number of nitrogens with zero attached hydrogens (tertiary/aromatic N) is 1. The van der Waals surface area contributed by atoms with Crippen molar-refractivity contribution in [2.24, 2.45) is 0 Å². The van der Waals surface area contributed by atoms with Crippen LogP contribution >= 0.6 is 0 Å². The van der Waals surface area contributed by atoms with Gasteiger partial charge in [0.15, 0.2) is 0 Å². The summed E-state index contributed by atoms with van der Waals surface area (Å²) in [5, 5.41) is 0. The van der Waals surface area contributed by atoms with Gasteiger partial charge in [0.2, 0.25) is 0 Å². The molecular formula is C12H21NO2. The van der Waals surface area contributed by atoms with Gasteiger partial charge in [0, 0.05) is 18.2 Å². The molecule has 0 unspecified atom stereocenters. The molecule has 0 amide bonds. The Kier molecular flexibility index (Phi) is 4.82. The predicted molar refractivity (Wildman–Crippen MR) is 60.7 cm³/mol. The Hall–Kier alpha value is -0.830.